The van der Waals surface area contributed by atoms with Gasteiger partial charge in [0.25, 0.3) is 0 Å². The molecule has 1 aromatic rings. The molecule has 0 bridgehead atoms. The molecular formula is C14H20ClNO3S. The predicted octanol–water partition coefficient (Wildman–Crippen LogP) is 2.78. The van der Waals surface area contributed by atoms with Crippen molar-refractivity contribution in [1.82, 2.24) is 4.31 Å². The standard InChI is InChI=1S/C14H20ClNO3S/c1-3-12-6-4-10(2)16(12)20(18,19)14-8-11(9-17)5-7-13(14)15/h5,7-8,10,12,17H,3-4,6,9H2,1-2H3. The molecule has 2 rings (SSSR count). The predicted molar refractivity (Wildman–Crippen MR) is 79.2 cm³/mol. The number of hydrogen-bond donors (Lipinski definition) is 1. The molecule has 1 fully saturated rings. The summed E-state index contributed by atoms with van der Waals surface area (Å²) in [6.45, 7) is 3.72. The average molecular weight is 318 g/mol. The van der Waals surface area contributed by atoms with Gasteiger partial charge < -0.3 is 5.11 Å². The summed E-state index contributed by atoms with van der Waals surface area (Å²) >= 11 is 6.07. The van der Waals surface area contributed by atoms with E-state index in [1.54, 1.807) is 10.4 Å². The highest BCUT2D eigenvalue weighted by Crippen LogP contribution is 2.35. The number of aliphatic hydroxyl groups excluding tert-OH is 1. The van der Waals surface area contributed by atoms with Gasteiger partial charge in [-0.2, -0.15) is 4.31 Å². The maximum atomic E-state index is 12.9. The van der Waals surface area contributed by atoms with E-state index >= 15 is 0 Å². The van der Waals surface area contributed by atoms with Gasteiger partial charge in [-0.05, 0) is 43.9 Å². The Labute approximate surface area is 125 Å². The second-order valence-corrected chi connectivity index (χ2v) is 7.47. The first-order valence-corrected chi connectivity index (χ1v) is 8.66. The third-order valence-corrected chi connectivity index (χ3v) is 6.47. The van der Waals surface area contributed by atoms with Crippen LogP contribution >= 0.6 is 11.6 Å². The van der Waals surface area contributed by atoms with Crippen LogP contribution in [0, 0.1) is 0 Å². The van der Waals surface area contributed by atoms with E-state index in [-0.39, 0.29) is 28.6 Å². The van der Waals surface area contributed by atoms with Crippen molar-refractivity contribution in [2.75, 3.05) is 0 Å². The van der Waals surface area contributed by atoms with E-state index in [1.165, 1.54) is 12.1 Å². The number of nitrogens with zero attached hydrogens (tertiary/aromatic N) is 1. The Morgan fingerprint density at radius 3 is 2.70 bits per heavy atom. The van der Waals surface area contributed by atoms with Crippen LogP contribution in [0.3, 0.4) is 0 Å². The molecule has 4 nitrogen and oxygen atoms in total. The summed E-state index contributed by atoms with van der Waals surface area (Å²) in [5, 5.41) is 9.39. The molecule has 0 amide bonds. The van der Waals surface area contributed by atoms with Gasteiger partial charge in [-0.15, -0.1) is 0 Å². The minimum Gasteiger partial charge on any atom is -0.392 e. The zero-order valence-electron chi connectivity index (χ0n) is 11.7. The van der Waals surface area contributed by atoms with Crippen molar-refractivity contribution >= 4 is 21.6 Å². The third kappa shape index (κ3) is 2.72. The van der Waals surface area contributed by atoms with Crippen LogP contribution in [0.2, 0.25) is 5.02 Å². The van der Waals surface area contributed by atoms with Crippen molar-refractivity contribution < 1.29 is 13.5 Å². The van der Waals surface area contributed by atoms with Crippen LogP contribution in [0.1, 0.15) is 38.7 Å². The average Bonchev–Trinajstić information content (AvgIpc) is 2.81. The van der Waals surface area contributed by atoms with E-state index in [0.717, 1.165) is 19.3 Å². The second kappa shape index (κ2) is 6.02. The van der Waals surface area contributed by atoms with Crippen LogP contribution in [-0.2, 0) is 16.6 Å². The van der Waals surface area contributed by atoms with Gasteiger partial charge in [0.05, 0.1) is 11.6 Å². The minimum atomic E-state index is -3.62. The summed E-state index contributed by atoms with van der Waals surface area (Å²) in [7, 11) is -3.62. The van der Waals surface area contributed by atoms with E-state index in [4.69, 9.17) is 11.6 Å². The van der Waals surface area contributed by atoms with Gasteiger partial charge in [-0.25, -0.2) is 8.42 Å². The molecule has 2 atom stereocenters. The Hall–Kier alpha value is -0.620. The van der Waals surface area contributed by atoms with Crippen molar-refractivity contribution in [3.05, 3.63) is 28.8 Å². The SMILES string of the molecule is CCC1CCC(C)N1S(=O)(=O)c1cc(CO)ccc1Cl. The maximum Gasteiger partial charge on any atom is 0.245 e. The molecule has 0 radical (unpaired) electrons. The zero-order valence-corrected chi connectivity index (χ0v) is 13.3. The molecule has 1 N–H and O–H groups in total. The third-order valence-electron chi connectivity index (χ3n) is 3.92. The molecule has 1 aliphatic rings. The van der Waals surface area contributed by atoms with Gasteiger partial charge in [0.15, 0.2) is 0 Å². The fourth-order valence-corrected chi connectivity index (χ4v) is 5.30. The smallest absolute Gasteiger partial charge is 0.245 e. The lowest BCUT2D eigenvalue weighted by Gasteiger charge is -2.27. The monoisotopic (exact) mass is 317 g/mol. The Kier molecular flexibility index (Phi) is 4.74. The first-order valence-electron chi connectivity index (χ1n) is 6.84. The largest absolute Gasteiger partial charge is 0.392 e. The number of halogens is 1. The van der Waals surface area contributed by atoms with Crippen molar-refractivity contribution in [3.8, 4) is 0 Å². The molecule has 0 spiro atoms. The topological polar surface area (TPSA) is 57.6 Å². The number of aliphatic hydroxyl groups is 1. The van der Waals surface area contributed by atoms with Gasteiger partial charge in [0.2, 0.25) is 10.0 Å². The highest BCUT2D eigenvalue weighted by Gasteiger charge is 2.39. The second-order valence-electron chi connectivity index (χ2n) is 5.25. The fraction of sp³-hybridized carbons (Fsp3) is 0.571. The first-order chi connectivity index (χ1) is 9.41. The van der Waals surface area contributed by atoms with Gasteiger partial charge in [-0.1, -0.05) is 24.6 Å². The Balaban J connectivity index is 2.49. The molecule has 2 unspecified atom stereocenters. The molecule has 1 heterocycles. The Bertz CT molecular complexity index is 588. The Morgan fingerprint density at radius 1 is 1.40 bits per heavy atom. The van der Waals surface area contributed by atoms with Gasteiger partial charge >= 0.3 is 0 Å². The quantitative estimate of drug-likeness (QED) is 0.929. The van der Waals surface area contributed by atoms with Crippen LogP contribution in [0.4, 0.5) is 0 Å². The van der Waals surface area contributed by atoms with Crippen molar-refractivity contribution in [2.24, 2.45) is 0 Å². The van der Waals surface area contributed by atoms with Crippen LogP contribution < -0.4 is 0 Å². The van der Waals surface area contributed by atoms with Gasteiger partial charge in [0.1, 0.15) is 4.90 Å². The lowest BCUT2D eigenvalue weighted by atomic mass is 10.2. The molecule has 0 aromatic heterocycles. The zero-order chi connectivity index (χ0) is 14.9. The van der Waals surface area contributed by atoms with Gasteiger partial charge in [-0.3, -0.25) is 0 Å². The molecule has 6 heteroatoms. The summed E-state index contributed by atoms with van der Waals surface area (Å²) in [5.41, 5.74) is 0.549. The number of hydrogen-bond acceptors (Lipinski definition) is 3. The molecule has 112 valence electrons. The molecule has 0 aliphatic carbocycles. The van der Waals surface area contributed by atoms with Crippen LogP contribution in [-0.4, -0.2) is 29.9 Å². The van der Waals surface area contributed by atoms with Crippen LogP contribution in [0.5, 0.6) is 0 Å². The van der Waals surface area contributed by atoms with E-state index < -0.39 is 10.0 Å². The molecule has 1 aromatic carbocycles. The van der Waals surface area contributed by atoms with Crippen LogP contribution in [0.15, 0.2) is 23.1 Å². The van der Waals surface area contributed by atoms with E-state index in [1.807, 2.05) is 13.8 Å². The fourth-order valence-electron chi connectivity index (χ4n) is 2.82. The highest BCUT2D eigenvalue weighted by atomic mass is 35.5. The summed E-state index contributed by atoms with van der Waals surface area (Å²) in [6, 6.07) is 4.64. The minimum absolute atomic E-state index is 0.0150. The van der Waals surface area contributed by atoms with Crippen molar-refractivity contribution in [1.29, 1.82) is 0 Å². The van der Waals surface area contributed by atoms with E-state index in [9.17, 15) is 13.5 Å². The molecule has 1 aliphatic heterocycles. The molecule has 1 saturated heterocycles. The summed E-state index contributed by atoms with van der Waals surface area (Å²) < 4.78 is 27.3. The van der Waals surface area contributed by atoms with Crippen LogP contribution in [0.25, 0.3) is 0 Å². The molecule has 20 heavy (non-hydrogen) atoms. The van der Waals surface area contributed by atoms with Gasteiger partial charge in [0, 0.05) is 12.1 Å². The van der Waals surface area contributed by atoms with E-state index in [0.29, 0.717) is 5.56 Å². The molecular weight excluding hydrogens is 298 g/mol. The first kappa shape index (κ1) is 15.8. The number of sulfonamides is 1. The highest BCUT2D eigenvalue weighted by molar-refractivity contribution is 7.89. The summed E-state index contributed by atoms with van der Waals surface area (Å²) in [4.78, 5) is 0.0953. The summed E-state index contributed by atoms with van der Waals surface area (Å²) in [6.07, 6.45) is 2.55. The van der Waals surface area contributed by atoms with Crippen molar-refractivity contribution in [3.63, 3.8) is 0 Å². The Morgan fingerprint density at radius 2 is 2.10 bits per heavy atom. The lowest BCUT2D eigenvalue weighted by molar-refractivity contribution is 0.281. The van der Waals surface area contributed by atoms with Crippen molar-refractivity contribution in [2.45, 2.75) is 56.7 Å². The number of rotatable bonds is 4. The van der Waals surface area contributed by atoms with E-state index in [2.05, 4.69) is 0 Å². The number of benzene rings is 1. The lowest BCUT2D eigenvalue weighted by Crippen LogP contribution is -2.39. The maximum absolute atomic E-state index is 12.9. The normalized spacial score (nSPS) is 24.2. The molecule has 0 saturated carbocycles. The summed E-state index contributed by atoms with van der Waals surface area (Å²) in [5.74, 6) is 0.